The van der Waals surface area contributed by atoms with Crippen LogP contribution in [0.2, 0.25) is 0 Å². The average Bonchev–Trinajstić information content (AvgIpc) is 1.69. The summed E-state index contributed by atoms with van der Waals surface area (Å²) in [4.78, 5) is 203. The summed E-state index contributed by atoms with van der Waals surface area (Å²) in [6.07, 6.45) is 19.1. The minimum absolute atomic E-state index is 0.154. The monoisotopic (exact) mass is 1870 g/mol. The number of benzene rings is 6. The maximum absolute atomic E-state index is 12.1. The molecule has 0 unspecified atom stereocenters. The Morgan fingerprint density at radius 3 is 0.774 bits per heavy atom. The quantitative estimate of drug-likeness (QED) is 0.00611. The highest BCUT2D eigenvalue weighted by atomic mass is 79.9. The molecule has 7 aliphatic heterocycles. The molecule has 44 heteroatoms. The van der Waals surface area contributed by atoms with Gasteiger partial charge in [0, 0.05) is 106 Å². The Hall–Kier alpha value is -16.7. The van der Waals surface area contributed by atoms with E-state index in [1.807, 2.05) is 0 Å². The number of amides is 14. The number of azide groups is 2. The molecule has 0 fully saturated rings. The molecule has 676 valence electrons. The predicted octanol–water partition coefficient (Wildman–Crippen LogP) is 7.80. The molecule has 11 heterocycles. The zero-order valence-electron chi connectivity index (χ0n) is 70.8. The van der Waals surface area contributed by atoms with Gasteiger partial charge in [0.2, 0.25) is 0 Å². The normalized spacial score (nSPS) is 14.2. The first-order valence-electron chi connectivity index (χ1n) is 41.4. The number of allylic oxidation sites excluding steroid dienone is 2. The van der Waals surface area contributed by atoms with Crippen LogP contribution in [0.5, 0.6) is 0 Å². The number of hydrogen-bond acceptors (Lipinski definition) is 28. The molecule has 6 aromatic carbocycles. The molecule has 1 aliphatic carbocycles. The van der Waals surface area contributed by atoms with Gasteiger partial charge in [0.25, 0.3) is 76.8 Å². The van der Waals surface area contributed by atoms with Crippen LogP contribution in [0.4, 0.5) is 0 Å². The summed E-state index contributed by atoms with van der Waals surface area (Å²) < 4.78 is 6.20. The molecule has 0 atom stereocenters. The van der Waals surface area contributed by atoms with Crippen molar-refractivity contribution in [1.29, 1.82) is 0 Å². The lowest BCUT2D eigenvalue weighted by Gasteiger charge is -2.13. The van der Waals surface area contributed by atoms with Crippen molar-refractivity contribution >= 4 is 111 Å². The first-order chi connectivity index (χ1) is 64.6. The highest BCUT2D eigenvalue weighted by molar-refractivity contribution is 9.09. The van der Waals surface area contributed by atoms with Gasteiger partial charge in [-0.2, -0.15) is 0 Å². The number of hydrogen-bond donors (Lipinski definition) is 2. The lowest BCUT2D eigenvalue weighted by molar-refractivity contribution is -0.137. The molecule has 0 saturated heterocycles. The third-order valence-electron chi connectivity index (χ3n) is 20.9. The highest BCUT2D eigenvalue weighted by Crippen LogP contribution is 2.30. The fraction of sp³-hybridized carbons (Fsp3) is 0.258. The number of carbonyl (C=O) groups is 16. The summed E-state index contributed by atoms with van der Waals surface area (Å²) in [7, 11) is 0. The van der Waals surface area contributed by atoms with Crippen LogP contribution < -0.4 is 0 Å². The van der Waals surface area contributed by atoms with Crippen molar-refractivity contribution in [3.05, 3.63) is 316 Å². The zero-order valence-corrected chi connectivity index (χ0v) is 72.4. The highest BCUT2D eigenvalue weighted by Gasteiger charge is 2.44. The van der Waals surface area contributed by atoms with Crippen LogP contribution in [0, 0.1) is 6.08 Å². The van der Waals surface area contributed by atoms with Gasteiger partial charge >= 0.3 is 5.91 Å². The maximum Gasteiger partial charge on any atom is 0.319 e. The van der Waals surface area contributed by atoms with E-state index in [0.717, 1.165) is 11.8 Å². The number of aldehydes is 2. The second-order valence-corrected chi connectivity index (χ2v) is 30.3. The Kier molecular flexibility index (Phi) is 32.9. The van der Waals surface area contributed by atoms with Gasteiger partial charge in [-0.3, -0.25) is 130 Å². The number of nitrogens with zero attached hydrogens (tertiary/aromatic N) is 25. The molecule has 0 spiro atoms. The number of aromatic nitrogens is 12. The van der Waals surface area contributed by atoms with Gasteiger partial charge in [-0.25, -0.2) is 0 Å². The van der Waals surface area contributed by atoms with Gasteiger partial charge in [0.1, 0.15) is 34.9 Å². The van der Waals surface area contributed by atoms with Gasteiger partial charge in [0.05, 0.1) is 111 Å². The fourth-order valence-electron chi connectivity index (χ4n) is 14.5. The molecule has 133 heavy (non-hydrogen) atoms. The van der Waals surface area contributed by atoms with Crippen molar-refractivity contribution in [2.45, 2.75) is 84.3 Å². The second-order valence-electron chi connectivity index (χ2n) is 29.5. The van der Waals surface area contributed by atoms with Crippen molar-refractivity contribution < 1.29 is 86.9 Å². The summed E-state index contributed by atoms with van der Waals surface area (Å²) in [6.45, 7) is 4.58. The molecule has 10 aromatic rings. The van der Waals surface area contributed by atoms with Crippen LogP contribution in [-0.4, -0.2) is 264 Å². The first kappa shape index (κ1) is 95.5. The molecular weight excluding hydrogens is 1790 g/mol. The molecular formula is C89H81BrN25O18+. The van der Waals surface area contributed by atoms with Crippen molar-refractivity contribution in [3.63, 3.8) is 0 Å². The van der Waals surface area contributed by atoms with Gasteiger partial charge < -0.3 is 10.2 Å². The van der Waals surface area contributed by atoms with Gasteiger partial charge in [-0.15, -0.1) is 20.4 Å². The smallest absolute Gasteiger partial charge is 0.319 e. The van der Waals surface area contributed by atoms with E-state index in [0.29, 0.717) is 199 Å². The standard InChI is InChI=1S/2C14H14N4O3.C14H12N4O3.C14H11N4O3.C11H10BrNO2.2C11H10N4O2/c4*19-9-10-8-17(16-15-10)6-3-7-18-13(20)11-4-1-2-5-12(11)14(18)21;12-6-3-7-13-10(14)8-4-1-2-5-9(8)11(13)15;2*12-14-13-6-3-7-15-10(16)8-4-1-2-5-9(8)11(15)17/h2*1-2,4-5,8,19H,3,6-7,9H2;1-2,4-5,8-9H,3,6-7H2;1,4-5,8-9H,3,6-7H2;1-2,4-5H,3,6-7H2;2*1-2,4-5H,3,6-7H2/q;;;+1;;;. The number of imide groups is 7. The number of aliphatic hydroxyl groups excluding tert-OH is 2. The Balaban J connectivity index is 0.000000140. The molecule has 2 N–H and O–H groups in total. The van der Waals surface area contributed by atoms with Crippen LogP contribution in [0.1, 0.15) is 202 Å². The van der Waals surface area contributed by atoms with Crippen molar-refractivity contribution in [3.8, 4) is 0 Å². The molecule has 8 aliphatic rings. The third-order valence-corrected chi connectivity index (χ3v) is 21.5. The van der Waals surface area contributed by atoms with E-state index in [1.54, 1.807) is 180 Å². The molecule has 18 rings (SSSR count). The molecule has 0 saturated carbocycles. The number of aliphatic hydroxyl groups is 2. The Labute approximate surface area is 763 Å². The van der Waals surface area contributed by atoms with E-state index < -0.39 is 0 Å². The van der Waals surface area contributed by atoms with Gasteiger partial charge in [-0.1, -0.05) is 120 Å². The maximum atomic E-state index is 12.1. The fourth-order valence-corrected chi connectivity index (χ4v) is 14.7. The Morgan fingerprint density at radius 2 is 0.549 bits per heavy atom. The predicted molar refractivity (Wildman–Crippen MR) is 468 cm³/mol. The van der Waals surface area contributed by atoms with Gasteiger partial charge in [0.15, 0.2) is 23.7 Å². The topological polar surface area (TPSA) is 557 Å². The van der Waals surface area contributed by atoms with Crippen LogP contribution in [-0.2, 0) is 49.0 Å². The van der Waals surface area contributed by atoms with E-state index in [-0.39, 0.29) is 133 Å². The number of halogens is 1. The largest absolute Gasteiger partial charge is 0.390 e. The van der Waals surface area contributed by atoms with Gasteiger partial charge in [-0.05, 0) is 129 Å². The molecule has 4 aromatic heterocycles. The summed E-state index contributed by atoms with van der Waals surface area (Å²) >= 11 is 3.28. The zero-order chi connectivity index (χ0) is 94.6. The number of carbonyl (C=O) groups excluding carboxylic acids is 16. The first-order valence-corrected chi connectivity index (χ1v) is 42.6. The lowest BCUT2D eigenvalue weighted by Crippen LogP contribution is -2.33. The summed E-state index contributed by atoms with van der Waals surface area (Å²) in [5.41, 5.74) is 24.1. The summed E-state index contributed by atoms with van der Waals surface area (Å²) in [5, 5.41) is 55.4. The second kappa shape index (κ2) is 45.9. The Morgan fingerprint density at radius 1 is 0.316 bits per heavy atom. The minimum atomic E-state index is -0.293. The lowest BCUT2D eigenvalue weighted by atomic mass is 10.1. The minimum Gasteiger partial charge on any atom is -0.390 e. The average molecular weight is 1870 g/mol. The van der Waals surface area contributed by atoms with Crippen LogP contribution >= 0.6 is 15.9 Å². The number of aryl methyl sites for hydroxylation is 4. The molecule has 14 amide bonds. The van der Waals surface area contributed by atoms with E-state index >= 15 is 0 Å². The van der Waals surface area contributed by atoms with E-state index in [4.69, 9.17) is 21.3 Å². The number of rotatable bonds is 31. The van der Waals surface area contributed by atoms with Crippen molar-refractivity contribution in [2.75, 3.05) is 64.2 Å². The van der Waals surface area contributed by atoms with Crippen molar-refractivity contribution in [2.24, 2.45) is 10.2 Å². The molecule has 0 radical (unpaired) electrons. The summed E-state index contributed by atoms with van der Waals surface area (Å²) in [6, 6.07) is 40.9. The summed E-state index contributed by atoms with van der Waals surface area (Å²) in [5.74, 6) is -3.50. The number of alkyl halides is 1. The molecule has 43 nitrogen and oxygen atoms in total. The third kappa shape index (κ3) is 22.6. The van der Waals surface area contributed by atoms with E-state index in [9.17, 15) is 76.7 Å². The van der Waals surface area contributed by atoms with E-state index in [2.05, 4.69) is 83.3 Å². The van der Waals surface area contributed by atoms with Crippen LogP contribution in [0.15, 0.2) is 210 Å². The van der Waals surface area contributed by atoms with Crippen LogP contribution in [0.25, 0.3) is 20.9 Å². The van der Waals surface area contributed by atoms with Crippen LogP contribution in [0.3, 0.4) is 0 Å². The Bertz CT molecular complexity index is 5940. The SMILES string of the molecule is O=C1c2ccccc2C(=O)N1CCCBr.O=C1c2ccccc2C(=O)N1CCCn1cc(CO)nn1.O=C1c2ccccc2C(=O)N1CCCn1cc(CO)nn1.O=Cc1cn(CCCN2C(=O)C3=C(C=C[C+]=C3)C2=O)nn1.O=Cc1cn(CCCN2C(=O)c3ccccc3C2=O)nn1.[N-]=[N+]=NCCCN1C(=O)c2ccccc2C1=O.[N-]=[N+]=NCCCN1C(=O)c2ccccc2C1=O. The van der Waals surface area contributed by atoms with Crippen molar-refractivity contribution in [1.82, 2.24) is 94.3 Å². The van der Waals surface area contributed by atoms with E-state index in [1.165, 1.54) is 62.1 Å². The number of fused-ring (bicyclic) bond motifs is 6. The molecule has 0 bridgehead atoms.